The summed E-state index contributed by atoms with van der Waals surface area (Å²) in [4.78, 5) is 38.1. The van der Waals surface area contributed by atoms with Gasteiger partial charge in [-0.15, -0.1) is 0 Å². The molecule has 0 spiro atoms. The number of nitrogens with one attached hydrogen (secondary N) is 1. The molecule has 0 aliphatic heterocycles. The Labute approximate surface area is 222 Å². The second-order valence-corrected chi connectivity index (χ2v) is 10.9. The minimum absolute atomic E-state index is 0.0605. The second-order valence-electron chi connectivity index (χ2n) is 10.9. The van der Waals surface area contributed by atoms with Crippen LogP contribution in [0.25, 0.3) is 0 Å². The number of ketones is 1. The lowest BCUT2D eigenvalue weighted by molar-refractivity contribution is -0.116. The zero-order valence-electron chi connectivity index (χ0n) is 23.7. The molecule has 0 aromatic heterocycles. The Kier molecular flexibility index (Phi) is 10.9. The van der Waals surface area contributed by atoms with E-state index in [1.807, 2.05) is 32.0 Å². The van der Waals surface area contributed by atoms with Gasteiger partial charge in [0, 0.05) is 23.6 Å². The van der Waals surface area contributed by atoms with Crippen molar-refractivity contribution in [2.24, 2.45) is 5.92 Å². The summed E-state index contributed by atoms with van der Waals surface area (Å²) in [5, 5.41) is 3.07. The molecule has 2 aromatic rings. The summed E-state index contributed by atoms with van der Waals surface area (Å²) in [6, 6.07) is 10.8. The number of hydrogen-bond donors (Lipinski definition) is 1. The van der Waals surface area contributed by atoms with Crippen molar-refractivity contribution < 1.29 is 23.9 Å². The van der Waals surface area contributed by atoms with Crippen molar-refractivity contribution in [2.75, 3.05) is 19.5 Å². The largest absolute Gasteiger partial charge is 0.496 e. The monoisotopic (exact) mass is 509 g/mol. The van der Waals surface area contributed by atoms with Crippen molar-refractivity contribution in [1.82, 2.24) is 0 Å². The lowest BCUT2D eigenvalue weighted by atomic mass is 9.84. The summed E-state index contributed by atoms with van der Waals surface area (Å²) in [7, 11) is 2.94. The quantitative estimate of drug-likeness (QED) is 0.184. The Morgan fingerprint density at radius 3 is 2.19 bits per heavy atom. The lowest BCUT2D eigenvalue weighted by Crippen LogP contribution is -2.21. The van der Waals surface area contributed by atoms with Crippen LogP contribution in [0, 0.1) is 5.92 Å². The van der Waals surface area contributed by atoms with E-state index in [1.54, 1.807) is 25.3 Å². The Balaban J connectivity index is 2.39. The number of methoxy groups -OCH3 is 2. The van der Waals surface area contributed by atoms with Gasteiger partial charge in [0.05, 0.1) is 19.8 Å². The van der Waals surface area contributed by atoms with Gasteiger partial charge in [0.15, 0.2) is 5.78 Å². The van der Waals surface area contributed by atoms with Crippen LogP contribution in [0.5, 0.6) is 5.75 Å². The van der Waals surface area contributed by atoms with Crippen molar-refractivity contribution >= 4 is 23.3 Å². The van der Waals surface area contributed by atoms with Crippen LogP contribution in [0.15, 0.2) is 36.4 Å². The number of rotatable bonds is 12. The van der Waals surface area contributed by atoms with Gasteiger partial charge in [0.1, 0.15) is 5.75 Å². The maximum atomic E-state index is 13.4. The molecule has 1 N–H and O–H groups in total. The number of Topliss-reactive ketones (excluding diaryl/α,β-unsaturated/α-hetero) is 1. The number of unbranched alkanes of at least 4 members (excludes halogenated alkanes) is 2. The third kappa shape index (κ3) is 8.17. The molecule has 0 radical (unpaired) electrons. The molecule has 1 unspecified atom stereocenters. The summed E-state index contributed by atoms with van der Waals surface area (Å²) in [6.07, 6.45) is 4.20. The van der Waals surface area contributed by atoms with Crippen LogP contribution in [0.2, 0.25) is 0 Å². The van der Waals surface area contributed by atoms with Crippen LogP contribution in [0.4, 0.5) is 5.69 Å². The van der Waals surface area contributed by atoms with Crippen LogP contribution < -0.4 is 10.1 Å². The van der Waals surface area contributed by atoms with Gasteiger partial charge in [-0.05, 0) is 47.1 Å². The fraction of sp³-hybridized carbons (Fsp3) is 0.516. The molecule has 202 valence electrons. The van der Waals surface area contributed by atoms with Gasteiger partial charge in [-0.3, -0.25) is 9.59 Å². The van der Waals surface area contributed by atoms with Crippen LogP contribution in [0.1, 0.15) is 111 Å². The molecule has 0 fully saturated rings. The average Bonchev–Trinajstić information content (AvgIpc) is 2.86. The highest BCUT2D eigenvalue weighted by Gasteiger charge is 2.24. The predicted octanol–water partition coefficient (Wildman–Crippen LogP) is 7.31. The van der Waals surface area contributed by atoms with Gasteiger partial charge in [-0.25, -0.2) is 4.79 Å². The Hall–Kier alpha value is -3.15. The lowest BCUT2D eigenvalue weighted by Gasteiger charge is -2.25. The molecule has 2 aromatic carbocycles. The molecule has 0 saturated heterocycles. The molecular formula is C31H43NO5. The highest BCUT2D eigenvalue weighted by molar-refractivity contribution is 5.98. The molecule has 2 rings (SSSR count). The van der Waals surface area contributed by atoms with E-state index < -0.39 is 5.97 Å². The van der Waals surface area contributed by atoms with E-state index >= 15 is 0 Å². The number of amides is 1. The van der Waals surface area contributed by atoms with Crippen molar-refractivity contribution in [1.29, 1.82) is 0 Å². The van der Waals surface area contributed by atoms with E-state index in [0.717, 1.165) is 36.8 Å². The first-order valence-corrected chi connectivity index (χ1v) is 13.2. The highest BCUT2D eigenvalue weighted by atomic mass is 16.5. The SMILES string of the molecule is CCCCCC(CC(=O)Nc1cc(C(=O)OC)ccc1C(C)(C)C)c1ccc(C(=O)C(C)C)cc1OC. The van der Waals surface area contributed by atoms with Gasteiger partial charge < -0.3 is 14.8 Å². The van der Waals surface area contributed by atoms with Crippen LogP contribution in [-0.4, -0.2) is 31.9 Å². The van der Waals surface area contributed by atoms with Gasteiger partial charge in [0.25, 0.3) is 0 Å². The average molecular weight is 510 g/mol. The van der Waals surface area contributed by atoms with Gasteiger partial charge in [-0.2, -0.15) is 0 Å². The molecule has 1 amide bonds. The Morgan fingerprint density at radius 1 is 0.946 bits per heavy atom. The maximum absolute atomic E-state index is 13.4. The second kappa shape index (κ2) is 13.4. The summed E-state index contributed by atoms with van der Waals surface area (Å²) in [5.41, 5.74) is 3.23. The number of anilines is 1. The van der Waals surface area contributed by atoms with E-state index in [0.29, 0.717) is 22.6 Å². The molecule has 0 saturated carbocycles. The third-order valence-electron chi connectivity index (χ3n) is 6.59. The van der Waals surface area contributed by atoms with Crippen molar-refractivity contribution in [3.63, 3.8) is 0 Å². The van der Waals surface area contributed by atoms with Crippen molar-refractivity contribution in [3.05, 3.63) is 58.7 Å². The Bertz CT molecular complexity index is 1100. The molecule has 6 heteroatoms. The molecule has 37 heavy (non-hydrogen) atoms. The zero-order valence-corrected chi connectivity index (χ0v) is 23.7. The van der Waals surface area contributed by atoms with E-state index in [4.69, 9.17) is 9.47 Å². The third-order valence-corrected chi connectivity index (χ3v) is 6.59. The number of hydrogen-bond acceptors (Lipinski definition) is 5. The molecule has 0 aliphatic carbocycles. The highest BCUT2D eigenvalue weighted by Crippen LogP contribution is 2.36. The standard InChI is InChI=1S/C31H43NO5/c1-9-10-11-12-21(24-15-13-22(18-27(24)36-7)29(34)20(2)3)19-28(33)32-26-17-23(30(35)37-8)14-16-25(26)31(4,5)6/h13-18,20-21H,9-12,19H2,1-8H3,(H,32,33). The Morgan fingerprint density at radius 2 is 1.62 bits per heavy atom. The number of esters is 1. The number of benzene rings is 2. The summed E-state index contributed by atoms with van der Waals surface area (Å²) in [6.45, 7) is 12.1. The van der Waals surface area contributed by atoms with Gasteiger partial charge >= 0.3 is 5.97 Å². The fourth-order valence-electron chi connectivity index (χ4n) is 4.51. The van der Waals surface area contributed by atoms with Crippen LogP contribution in [-0.2, 0) is 14.9 Å². The predicted molar refractivity (Wildman–Crippen MR) is 149 cm³/mol. The van der Waals surface area contributed by atoms with Crippen LogP contribution in [0.3, 0.4) is 0 Å². The normalized spacial score (nSPS) is 12.2. The molecule has 0 bridgehead atoms. The van der Waals surface area contributed by atoms with Crippen molar-refractivity contribution in [3.8, 4) is 5.75 Å². The first-order chi connectivity index (χ1) is 17.4. The molecule has 6 nitrogen and oxygen atoms in total. The summed E-state index contributed by atoms with van der Waals surface area (Å²) in [5.74, 6) is -0.0900. The molecular weight excluding hydrogens is 466 g/mol. The van der Waals surface area contributed by atoms with Gasteiger partial charge in [-0.1, -0.05) is 79.0 Å². The first-order valence-electron chi connectivity index (χ1n) is 13.2. The molecule has 0 heterocycles. The van der Waals surface area contributed by atoms with Gasteiger partial charge in [0.2, 0.25) is 5.91 Å². The zero-order chi connectivity index (χ0) is 27.8. The smallest absolute Gasteiger partial charge is 0.337 e. The number of carbonyl (C=O) groups is 3. The minimum Gasteiger partial charge on any atom is -0.496 e. The summed E-state index contributed by atoms with van der Waals surface area (Å²) >= 11 is 0. The van der Waals surface area contributed by atoms with Crippen molar-refractivity contribution in [2.45, 2.75) is 85.0 Å². The van der Waals surface area contributed by atoms with E-state index in [2.05, 4.69) is 33.0 Å². The van der Waals surface area contributed by atoms with Crippen LogP contribution >= 0.6 is 0 Å². The first kappa shape index (κ1) is 30.1. The maximum Gasteiger partial charge on any atom is 0.337 e. The number of ether oxygens (including phenoxy) is 2. The molecule has 0 aliphatic rings. The fourth-order valence-corrected chi connectivity index (χ4v) is 4.51. The minimum atomic E-state index is -0.450. The van der Waals surface area contributed by atoms with E-state index in [-0.39, 0.29) is 35.4 Å². The summed E-state index contributed by atoms with van der Waals surface area (Å²) < 4.78 is 10.6. The van der Waals surface area contributed by atoms with E-state index in [9.17, 15) is 14.4 Å². The molecule has 1 atom stereocenters. The topological polar surface area (TPSA) is 81.7 Å². The number of carbonyl (C=O) groups excluding carboxylic acids is 3. The van der Waals surface area contributed by atoms with E-state index in [1.165, 1.54) is 7.11 Å².